The first-order valence-corrected chi connectivity index (χ1v) is 5.60. The molecule has 0 fully saturated rings. The second-order valence-corrected chi connectivity index (χ2v) is 4.33. The number of pyridine rings is 1. The van der Waals surface area contributed by atoms with Gasteiger partial charge in [-0.1, -0.05) is 17.7 Å². The number of hydrogen-bond donors (Lipinski definition) is 1. The van der Waals surface area contributed by atoms with E-state index in [0.29, 0.717) is 22.3 Å². The zero-order chi connectivity index (χ0) is 12.4. The summed E-state index contributed by atoms with van der Waals surface area (Å²) in [6, 6.07) is 7.42. The predicted octanol–water partition coefficient (Wildman–Crippen LogP) is 3.73. The normalized spacial score (nSPS) is 10.3. The maximum atomic E-state index is 6.05. The van der Waals surface area contributed by atoms with Crippen LogP contribution in [0.4, 0.5) is 5.69 Å². The molecule has 0 radical (unpaired) electrons. The highest BCUT2D eigenvalue weighted by Gasteiger charge is 2.07. The van der Waals surface area contributed by atoms with Crippen LogP contribution in [-0.2, 0) is 0 Å². The monoisotopic (exact) mass is 248 g/mol. The molecule has 88 valence electrons. The van der Waals surface area contributed by atoms with Crippen molar-refractivity contribution in [2.75, 3.05) is 5.73 Å². The van der Waals surface area contributed by atoms with Gasteiger partial charge in [-0.2, -0.15) is 0 Å². The molecular weight excluding hydrogens is 236 g/mol. The number of aromatic nitrogens is 1. The molecule has 0 aliphatic carbocycles. The number of benzene rings is 1. The highest BCUT2D eigenvalue weighted by molar-refractivity contribution is 6.32. The molecular formula is C13H13ClN2O. The van der Waals surface area contributed by atoms with Crippen molar-refractivity contribution >= 4 is 17.3 Å². The van der Waals surface area contributed by atoms with Crippen molar-refractivity contribution < 1.29 is 4.74 Å². The van der Waals surface area contributed by atoms with Crippen molar-refractivity contribution in [3.8, 4) is 11.6 Å². The third kappa shape index (κ3) is 2.68. The first kappa shape index (κ1) is 11.7. The Morgan fingerprint density at radius 2 is 2.00 bits per heavy atom. The number of anilines is 1. The molecule has 2 aromatic rings. The summed E-state index contributed by atoms with van der Waals surface area (Å²) < 4.78 is 5.68. The van der Waals surface area contributed by atoms with Gasteiger partial charge in [-0.05, 0) is 37.6 Å². The Kier molecular flexibility index (Phi) is 3.20. The number of hydrogen-bond acceptors (Lipinski definition) is 3. The van der Waals surface area contributed by atoms with Crippen molar-refractivity contribution in [3.63, 3.8) is 0 Å². The molecule has 0 saturated carbocycles. The molecule has 4 heteroatoms. The van der Waals surface area contributed by atoms with Gasteiger partial charge < -0.3 is 10.5 Å². The Labute approximate surface area is 105 Å². The first-order valence-electron chi connectivity index (χ1n) is 5.22. The van der Waals surface area contributed by atoms with Crippen molar-refractivity contribution in [2.45, 2.75) is 13.8 Å². The molecule has 2 N–H and O–H groups in total. The maximum Gasteiger partial charge on any atom is 0.222 e. The summed E-state index contributed by atoms with van der Waals surface area (Å²) in [7, 11) is 0. The standard InChI is InChI=1S/C13H13ClN2O/c1-8-3-4-11(14)12(5-8)17-13-9(2)6-10(15)7-16-13/h3-7H,15H2,1-2H3. The SMILES string of the molecule is Cc1ccc(Cl)c(Oc2ncc(N)cc2C)c1. The molecule has 1 heterocycles. The van der Waals surface area contributed by atoms with E-state index in [9.17, 15) is 0 Å². The molecule has 0 atom stereocenters. The van der Waals surface area contributed by atoms with E-state index in [4.69, 9.17) is 22.1 Å². The third-order valence-corrected chi connectivity index (χ3v) is 2.66. The van der Waals surface area contributed by atoms with Gasteiger partial charge in [-0.3, -0.25) is 0 Å². The van der Waals surface area contributed by atoms with Crippen LogP contribution in [0.25, 0.3) is 0 Å². The molecule has 3 nitrogen and oxygen atoms in total. The number of nitrogens with two attached hydrogens (primary N) is 1. The van der Waals surface area contributed by atoms with Gasteiger partial charge >= 0.3 is 0 Å². The Morgan fingerprint density at radius 3 is 2.71 bits per heavy atom. The Bertz CT molecular complexity index is 555. The minimum atomic E-state index is 0.520. The van der Waals surface area contributed by atoms with Crippen LogP contribution in [0, 0.1) is 13.8 Å². The lowest BCUT2D eigenvalue weighted by atomic mass is 10.2. The van der Waals surface area contributed by atoms with Crippen LogP contribution in [0.2, 0.25) is 5.02 Å². The van der Waals surface area contributed by atoms with Gasteiger partial charge in [0.2, 0.25) is 5.88 Å². The van der Waals surface area contributed by atoms with Gasteiger partial charge in [0.15, 0.2) is 0 Å². The molecule has 1 aromatic heterocycles. The average molecular weight is 249 g/mol. The zero-order valence-corrected chi connectivity index (χ0v) is 10.5. The summed E-state index contributed by atoms with van der Waals surface area (Å²) in [5.41, 5.74) is 8.21. The van der Waals surface area contributed by atoms with Crippen LogP contribution < -0.4 is 10.5 Å². The van der Waals surface area contributed by atoms with Crippen molar-refractivity contribution in [1.29, 1.82) is 0 Å². The van der Waals surface area contributed by atoms with Gasteiger partial charge in [-0.15, -0.1) is 0 Å². The fourth-order valence-corrected chi connectivity index (χ4v) is 1.64. The number of nitrogens with zero attached hydrogens (tertiary/aromatic N) is 1. The molecule has 0 amide bonds. The fraction of sp³-hybridized carbons (Fsp3) is 0.154. The van der Waals surface area contributed by atoms with Gasteiger partial charge in [0, 0.05) is 5.56 Å². The lowest BCUT2D eigenvalue weighted by Gasteiger charge is -2.09. The summed E-state index contributed by atoms with van der Waals surface area (Å²) in [6.07, 6.45) is 1.56. The lowest BCUT2D eigenvalue weighted by molar-refractivity contribution is 0.459. The summed E-state index contributed by atoms with van der Waals surface area (Å²) in [5.74, 6) is 1.12. The van der Waals surface area contributed by atoms with Crippen LogP contribution >= 0.6 is 11.6 Å². The topological polar surface area (TPSA) is 48.1 Å². The summed E-state index contributed by atoms with van der Waals surface area (Å²) in [6.45, 7) is 3.87. The van der Waals surface area contributed by atoms with Crippen LogP contribution in [0.5, 0.6) is 11.6 Å². The highest BCUT2D eigenvalue weighted by Crippen LogP contribution is 2.30. The highest BCUT2D eigenvalue weighted by atomic mass is 35.5. The van der Waals surface area contributed by atoms with E-state index in [-0.39, 0.29) is 0 Å². The number of ether oxygens (including phenoxy) is 1. The Morgan fingerprint density at radius 1 is 1.24 bits per heavy atom. The average Bonchev–Trinajstić information content (AvgIpc) is 2.27. The quantitative estimate of drug-likeness (QED) is 0.881. The minimum absolute atomic E-state index is 0.520. The van der Waals surface area contributed by atoms with Gasteiger partial charge in [0.25, 0.3) is 0 Å². The first-order chi connectivity index (χ1) is 8.06. The largest absolute Gasteiger partial charge is 0.437 e. The van der Waals surface area contributed by atoms with E-state index >= 15 is 0 Å². The van der Waals surface area contributed by atoms with E-state index in [1.807, 2.05) is 32.0 Å². The molecule has 0 aliphatic heterocycles. The Balaban J connectivity index is 2.34. The molecule has 17 heavy (non-hydrogen) atoms. The number of aryl methyl sites for hydroxylation is 2. The summed E-state index contributed by atoms with van der Waals surface area (Å²) >= 11 is 6.05. The zero-order valence-electron chi connectivity index (χ0n) is 9.70. The second-order valence-electron chi connectivity index (χ2n) is 3.93. The van der Waals surface area contributed by atoms with Crippen LogP contribution in [0.15, 0.2) is 30.5 Å². The van der Waals surface area contributed by atoms with Gasteiger partial charge in [-0.25, -0.2) is 4.98 Å². The van der Waals surface area contributed by atoms with E-state index in [0.717, 1.165) is 11.1 Å². The smallest absolute Gasteiger partial charge is 0.222 e. The van der Waals surface area contributed by atoms with Crippen molar-refractivity contribution in [2.24, 2.45) is 0 Å². The van der Waals surface area contributed by atoms with Crippen LogP contribution in [0.3, 0.4) is 0 Å². The third-order valence-electron chi connectivity index (χ3n) is 2.34. The van der Waals surface area contributed by atoms with Crippen molar-refractivity contribution in [3.05, 3.63) is 46.6 Å². The van der Waals surface area contributed by atoms with E-state index in [2.05, 4.69) is 4.98 Å². The van der Waals surface area contributed by atoms with E-state index in [1.165, 1.54) is 0 Å². The maximum absolute atomic E-state index is 6.05. The lowest BCUT2D eigenvalue weighted by Crippen LogP contribution is -1.94. The van der Waals surface area contributed by atoms with E-state index < -0.39 is 0 Å². The fourth-order valence-electron chi connectivity index (χ4n) is 1.48. The predicted molar refractivity (Wildman–Crippen MR) is 69.6 cm³/mol. The number of halogens is 1. The van der Waals surface area contributed by atoms with Crippen LogP contribution in [-0.4, -0.2) is 4.98 Å². The Hall–Kier alpha value is -1.74. The second kappa shape index (κ2) is 4.63. The van der Waals surface area contributed by atoms with Gasteiger partial charge in [0.05, 0.1) is 16.9 Å². The molecule has 0 unspecified atom stereocenters. The minimum Gasteiger partial charge on any atom is -0.437 e. The molecule has 0 bridgehead atoms. The molecule has 0 aliphatic rings. The molecule has 0 saturated heterocycles. The number of rotatable bonds is 2. The van der Waals surface area contributed by atoms with E-state index in [1.54, 1.807) is 12.3 Å². The molecule has 1 aromatic carbocycles. The van der Waals surface area contributed by atoms with Crippen molar-refractivity contribution in [1.82, 2.24) is 4.98 Å². The number of nitrogen functional groups attached to an aromatic ring is 1. The summed E-state index contributed by atoms with van der Waals surface area (Å²) in [5, 5.41) is 0.564. The molecule has 2 rings (SSSR count). The summed E-state index contributed by atoms with van der Waals surface area (Å²) in [4.78, 5) is 4.14. The van der Waals surface area contributed by atoms with Crippen LogP contribution in [0.1, 0.15) is 11.1 Å². The van der Waals surface area contributed by atoms with Gasteiger partial charge in [0.1, 0.15) is 5.75 Å². The molecule has 0 spiro atoms.